The number of piperidine rings is 1. The number of ether oxygens (including phenoxy) is 2. The van der Waals surface area contributed by atoms with Gasteiger partial charge in [0.15, 0.2) is 5.06 Å². The van der Waals surface area contributed by atoms with Crippen molar-refractivity contribution >= 4 is 40.1 Å². The summed E-state index contributed by atoms with van der Waals surface area (Å²) in [5.41, 5.74) is 2.42. The molecule has 2 unspecified atom stereocenters. The molecule has 2 atom stereocenters. The third kappa shape index (κ3) is 5.31. The average Bonchev–Trinajstić information content (AvgIpc) is 3.42. The minimum atomic E-state index is -0.453. The molecule has 0 bridgehead atoms. The van der Waals surface area contributed by atoms with E-state index in [1.165, 1.54) is 52.2 Å². The molecule has 4 heterocycles. The summed E-state index contributed by atoms with van der Waals surface area (Å²) in [4.78, 5) is 25.9. The second kappa shape index (κ2) is 10.8. The first-order valence-electron chi connectivity index (χ1n) is 14.0. The van der Waals surface area contributed by atoms with Crippen molar-refractivity contribution in [3.8, 4) is 5.06 Å². The fourth-order valence-electron chi connectivity index (χ4n) is 6.48. The van der Waals surface area contributed by atoms with Gasteiger partial charge in [-0.15, -0.1) is 22.7 Å². The van der Waals surface area contributed by atoms with E-state index in [4.69, 9.17) is 14.5 Å². The van der Waals surface area contributed by atoms with Gasteiger partial charge in [-0.3, -0.25) is 9.80 Å². The van der Waals surface area contributed by atoms with Crippen molar-refractivity contribution in [2.45, 2.75) is 32.2 Å². The molecule has 7 nitrogen and oxygen atoms in total. The van der Waals surface area contributed by atoms with E-state index in [-0.39, 0.29) is 5.82 Å². The van der Waals surface area contributed by atoms with Gasteiger partial charge in [0, 0.05) is 37.6 Å². The van der Waals surface area contributed by atoms with Crippen molar-refractivity contribution in [2.75, 3.05) is 55.7 Å². The number of nitrogens with zero attached hydrogens (tertiary/aromatic N) is 4. The number of carbonyl (C=O) groups is 1. The normalized spacial score (nSPS) is 24.3. The van der Waals surface area contributed by atoms with Gasteiger partial charge < -0.3 is 14.4 Å². The third-order valence-corrected chi connectivity index (χ3v) is 10.5. The summed E-state index contributed by atoms with van der Waals surface area (Å²) in [7, 11) is 0. The van der Waals surface area contributed by atoms with Crippen LogP contribution in [0.3, 0.4) is 0 Å². The SMILES string of the molecule is O=C(Oc1cccs1)N(CC1C2CN(Cc3nc4c(s3)CCCC4)CC21)c1ccc(N2CCOCC2)c(F)c1. The molecule has 2 aliphatic heterocycles. The third-order valence-electron chi connectivity index (χ3n) is 8.59. The van der Waals surface area contributed by atoms with Crippen LogP contribution in [-0.2, 0) is 24.1 Å². The molecular weight excluding hydrogens is 535 g/mol. The zero-order valence-corrected chi connectivity index (χ0v) is 23.5. The molecule has 3 aromatic rings. The van der Waals surface area contributed by atoms with Gasteiger partial charge in [-0.1, -0.05) is 0 Å². The van der Waals surface area contributed by atoms with E-state index in [9.17, 15) is 4.79 Å². The number of aromatic nitrogens is 1. The van der Waals surface area contributed by atoms with E-state index in [0.717, 1.165) is 26.1 Å². The van der Waals surface area contributed by atoms with Gasteiger partial charge in [0.05, 0.1) is 36.8 Å². The van der Waals surface area contributed by atoms with E-state index < -0.39 is 6.09 Å². The molecule has 4 aliphatic rings. The zero-order chi connectivity index (χ0) is 26.3. The first-order chi connectivity index (χ1) is 19.1. The molecule has 10 heteroatoms. The van der Waals surface area contributed by atoms with Gasteiger partial charge in [-0.05, 0) is 79.1 Å². The molecular formula is C29H33FN4O3S2. The number of amides is 1. The number of halogens is 1. The number of aryl methyl sites for hydroxylation is 2. The van der Waals surface area contributed by atoms with Crippen molar-refractivity contribution in [1.82, 2.24) is 9.88 Å². The van der Waals surface area contributed by atoms with Crippen molar-refractivity contribution in [3.05, 3.63) is 57.1 Å². The molecule has 2 aromatic heterocycles. The monoisotopic (exact) mass is 568 g/mol. The maximum atomic E-state index is 15.3. The Hall–Kier alpha value is -2.53. The van der Waals surface area contributed by atoms with E-state index in [1.807, 2.05) is 33.7 Å². The Balaban J connectivity index is 1.03. The summed E-state index contributed by atoms with van der Waals surface area (Å²) in [6, 6.07) is 8.74. The first-order valence-corrected chi connectivity index (χ1v) is 15.7. The summed E-state index contributed by atoms with van der Waals surface area (Å²) in [5, 5.41) is 3.67. The number of rotatable bonds is 7. The lowest BCUT2D eigenvalue weighted by atomic mass is 10.0. The second-order valence-corrected chi connectivity index (χ2v) is 13.1. The molecule has 3 fully saturated rings. The number of thiazole rings is 1. The Labute approximate surface area is 236 Å². The Kier molecular flexibility index (Phi) is 7.04. The summed E-state index contributed by atoms with van der Waals surface area (Å²) in [6.07, 6.45) is 4.41. The highest BCUT2D eigenvalue weighted by Gasteiger charge is 2.56. The molecule has 1 aromatic carbocycles. The van der Waals surface area contributed by atoms with Crippen molar-refractivity contribution < 1.29 is 18.7 Å². The number of fused-ring (bicyclic) bond motifs is 2. The predicted molar refractivity (Wildman–Crippen MR) is 152 cm³/mol. The summed E-state index contributed by atoms with van der Waals surface area (Å²) in [6.45, 7) is 6.01. The van der Waals surface area contributed by atoms with Crippen LogP contribution in [0.1, 0.15) is 28.4 Å². The number of likely N-dealkylation sites (tertiary alicyclic amines) is 1. The number of hydrogen-bond donors (Lipinski definition) is 0. The maximum Gasteiger partial charge on any atom is 0.420 e. The van der Waals surface area contributed by atoms with Crippen LogP contribution in [0, 0.1) is 23.6 Å². The summed E-state index contributed by atoms with van der Waals surface area (Å²) >= 11 is 3.27. The molecule has 0 N–H and O–H groups in total. The van der Waals surface area contributed by atoms with E-state index in [0.29, 0.717) is 67.0 Å². The molecule has 39 heavy (non-hydrogen) atoms. The maximum absolute atomic E-state index is 15.3. The van der Waals surface area contributed by atoms with Gasteiger partial charge in [-0.2, -0.15) is 0 Å². The lowest BCUT2D eigenvalue weighted by Crippen LogP contribution is -2.38. The molecule has 0 radical (unpaired) electrons. The fourth-order valence-corrected chi connectivity index (χ4v) is 8.25. The van der Waals surface area contributed by atoms with Gasteiger partial charge in [0.2, 0.25) is 0 Å². The number of anilines is 2. The van der Waals surface area contributed by atoms with E-state index in [2.05, 4.69) is 4.90 Å². The van der Waals surface area contributed by atoms with Gasteiger partial charge in [0.1, 0.15) is 10.8 Å². The largest absolute Gasteiger partial charge is 0.420 e. The highest BCUT2D eigenvalue weighted by Crippen LogP contribution is 2.52. The van der Waals surface area contributed by atoms with E-state index >= 15 is 4.39 Å². The molecule has 2 saturated heterocycles. The van der Waals surface area contributed by atoms with Gasteiger partial charge >= 0.3 is 6.09 Å². The van der Waals surface area contributed by atoms with Crippen LogP contribution in [0.15, 0.2) is 35.7 Å². The van der Waals surface area contributed by atoms with Crippen molar-refractivity contribution in [1.29, 1.82) is 0 Å². The van der Waals surface area contributed by atoms with Crippen LogP contribution in [0.2, 0.25) is 0 Å². The zero-order valence-electron chi connectivity index (χ0n) is 21.9. The Bertz CT molecular complexity index is 1290. The van der Waals surface area contributed by atoms with Crippen LogP contribution < -0.4 is 14.5 Å². The highest BCUT2D eigenvalue weighted by molar-refractivity contribution is 7.12. The second-order valence-electron chi connectivity index (χ2n) is 11.0. The van der Waals surface area contributed by atoms with Crippen molar-refractivity contribution in [3.63, 3.8) is 0 Å². The summed E-state index contributed by atoms with van der Waals surface area (Å²) < 4.78 is 26.4. The molecule has 206 valence electrons. The lowest BCUT2D eigenvalue weighted by molar-refractivity contribution is 0.122. The van der Waals surface area contributed by atoms with Crippen LogP contribution in [0.25, 0.3) is 0 Å². The van der Waals surface area contributed by atoms with E-state index in [1.54, 1.807) is 17.0 Å². The van der Waals surface area contributed by atoms with Gasteiger partial charge in [0.25, 0.3) is 0 Å². The number of benzene rings is 1. The molecule has 1 saturated carbocycles. The van der Waals surface area contributed by atoms with Crippen LogP contribution in [-0.4, -0.2) is 61.9 Å². The minimum absolute atomic E-state index is 0.323. The lowest BCUT2D eigenvalue weighted by Gasteiger charge is -2.30. The Morgan fingerprint density at radius 2 is 1.97 bits per heavy atom. The van der Waals surface area contributed by atoms with Crippen LogP contribution in [0.5, 0.6) is 5.06 Å². The first kappa shape index (κ1) is 25.4. The standard InChI is InChI=1S/C29H33FN4O3S2/c30-23-14-19(7-8-25(23)33-9-11-36-12-10-33)34(29(35)37-28-6-3-13-38-28)17-22-20-15-32(16-21(20)22)18-27-31-24-4-1-2-5-26(24)39-27/h3,6-8,13-14,20-22H,1-2,4-5,9-12,15-18H2. The Morgan fingerprint density at radius 3 is 2.72 bits per heavy atom. The number of morpholine rings is 1. The number of thiophene rings is 1. The smallest absolute Gasteiger partial charge is 0.399 e. The van der Waals surface area contributed by atoms with Gasteiger partial charge in [-0.25, -0.2) is 14.2 Å². The average molecular weight is 569 g/mol. The predicted octanol–water partition coefficient (Wildman–Crippen LogP) is 5.44. The van der Waals surface area contributed by atoms with Crippen LogP contribution >= 0.6 is 22.7 Å². The summed E-state index contributed by atoms with van der Waals surface area (Å²) in [5.74, 6) is 1.17. The van der Waals surface area contributed by atoms with Crippen molar-refractivity contribution in [2.24, 2.45) is 17.8 Å². The molecule has 2 aliphatic carbocycles. The fraction of sp³-hybridized carbons (Fsp3) is 0.517. The number of carbonyl (C=O) groups excluding carboxylic acids is 1. The molecule has 1 amide bonds. The highest BCUT2D eigenvalue weighted by atomic mass is 32.1. The molecule has 7 rings (SSSR count). The van der Waals surface area contributed by atoms with Crippen LogP contribution in [0.4, 0.5) is 20.6 Å². The quantitative estimate of drug-likeness (QED) is 0.378. The Morgan fingerprint density at radius 1 is 1.15 bits per heavy atom. The number of hydrogen-bond acceptors (Lipinski definition) is 8. The molecule has 0 spiro atoms. The minimum Gasteiger partial charge on any atom is -0.399 e. The topological polar surface area (TPSA) is 58.1 Å².